The van der Waals surface area contributed by atoms with Gasteiger partial charge in [-0.2, -0.15) is 145 Å². The molecule has 12 rings (SSSR count). The van der Waals surface area contributed by atoms with Crippen molar-refractivity contribution in [2.75, 3.05) is 108 Å². The summed E-state index contributed by atoms with van der Waals surface area (Å²) in [6.07, 6.45) is -23.4. The number of anilines is 8. The summed E-state index contributed by atoms with van der Waals surface area (Å²) in [4.78, 5) is 111. The second-order valence-electron chi connectivity index (χ2n) is 25.7. The minimum atomic E-state index is -4.50. The largest absolute Gasteiger partial charge is 1.00 e. The first kappa shape index (κ1) is 133. The van der Waals surface area contributed by atoms with E-state index in [4.69, 9.17) is 149 Å². The molecule has 790 valence electrons. The summed E-state index contributed by atoms with van der Waals surface area (Å²) in [6.45, 7) is -2.21. The van der Waals surface area contributed by atoms with Crippen molar-refractivity contribution < 1.29 is 176 Å². The number of carbonyl (C=O) groups excluding carboxylic acids is 5. The molecule has 0 radical (unpaired) electrons. The zero-order valence-corrected chi connectivity index (χ0v) is 84.7. The van der Waals surface area contributed by atoms with Crippen LogP contribution in [0.4, 0.5) is 125 Å². The first-order valence-corrected chi connectivity index (χ1v) is 44.1. The monoisotopic (exact) mass is 2300 g/mol. The number of carboxylic acid groups (broad SMARTS) is 1. The van der Waals surface area contributed by atoms with Crippen LogP contribution in [0.25, 0.3) is 0 Å². The maximum absolute atomic E-state index is 12.6. The quantitative estimate of drug-likeness (QED) is 0.00668. The number of alkyl halides is 20. The summed E-state index contributed by atoms with van der Waals surface area (Å²) in [6, 6.07) is 43.8. The molecular weight excluding hydrogens is 2230 g/mol. The summed E-state index contributed by atoms with van der Waals surface area (Å²) < 4.78 is 248. The number of nitrogens with one attached hydrogen (secondary N) is 5. The van der Waals surface area contributed by atoms with Crippen LogP contribution < -0.4 is 87.6 Å². The molecule has 34 nitrogen and oxygen atoms in total. The average molecular weight is 2300 g/mol. The van der Waals surface area contributed by atoms with Crippen LogP contribution in [-0.4, -0.2) is 175 Å². The van der Waals surface area contributed by atoms with Crippen molar-refractivity contribution in [3.05, 3.63) is 282 Å². The topological polar surface area (TPSA) is 502 Å². The SMILES string of the molecule is CO.CSc1nc(N)nc(OCC(=O)Nc2cccc(C(F)(F)F)c2)n1.C[S-].ClCCl.Clc1nc(Cl)nc(Cl)n1.Nc1cccc(C(F)(F)F)c1.Nc1nc(Cl)nc(OCC(=O)Nc2cccc(C(F)(F)F)c2)n1.O=C(CO)Nc1cccc(C(F)(F)F)c1.O=C(COCc1ccccc1)Nc1cccc(C(F)(F)F)c1.O=C(COc1nc(Cl)nc(Cl)n1)Nc1cccc(C(F)(F)F)c1.O=C(O)COCc1ccccc1.[Na+]. The van der Waals surface area contributed by atoms with Crippen molar-refractivity contribution in [2.24, 2.45) is 0 Å². The van der Waals surface area contributed by atoms with Crippen LogP contribution >= 0.6 is 105 Å². The van der Waals surface area contributed by atoms with E-state index in [0.717, 1.165) is 91.0 Å². The maximum atomic E-state index is 12.6. The van der Waals surface area contributed by atoms with Crippen LogP contribution in [0.5, 0.6) is 18.0 Å². The van der Waals surface area contributed by atoms with Gasteiger partial charge in [0.15, 0.2) is 25.0 Å². The number of benzene rings is 8. The number of nitrogens with zero attached hydrogens (tertiary/aromatic N) is 12. The van der Waals surface area contributed by atoms with Gasteiger partial charge in [-0.3, -0.25) is 24.0 Å². The zero-order chi connectivity index (χ0) is 110. The third-order valence-electron chi connectivity index (χ3n) is 14.9. The second kappa shape index (κ2) is 68.5. The minimum Gasteiger partial charge on any atom is -0.796 e. The van der Waals surface area contributed by atoms with Gasteiger partial charge in [-0.25, -0.2) is 4.79 Å². The molecule has 14 N–H and O–H groups in total. The molecule has 63 heteroatoms. The third-order valence-corrected chi connectivity index (χ3v) is 16.5. The molecule has 0 saturated carbocycles. The van der Waals surface area contributed by atoms with Crippen LogP contribution in [0.15, 0.2) is 211 Å². The van der Waals surface area contributed by atoms with E-state index in [-0.39, 0.29) is 150 Å². The molecule has 0 saturated heterocycles. The van der Waals surface area contributed by atoms with Crippen LogP contribution in [0.1, 0.15) is 44.5 Å². The summed E-state index contributed by atoms with van der Waals surface area (Å²) >= 11 is 47.3. The molecule has 0 unspecified atom stereocenters. The molecule has 0 atom stereocenters. The molecule has 12 aromatic rings. The van der Waals surface area contributed by atoms with E-state index >= 15 is 0 Å². The molecule has 4 heterocycles. The Morgan fingerprint density at radius 1 is 0.340 bits per heavy atom. The number of carboxylic acids is 1. The van der Waals surface area contributed by atoms with Crippen LogP contribution in [0.3, 0.4) is 0 Å². The number of hydrogen-bond donors (Lipinski definition) is 11. The number of nitrogens with two attached hydrogens (primary N) is 3. The van der Waals surface area contributed by atoms with Crippen LogP contribution in [-0.2, 0) is 101 Å². The van der Waals surface area contributed by atoms with Crippen molar-refractivity contribution in [2.45, 2.75) is 55.4 Å². The van der Waals surface area contributed by atoms with E-state index in [1.807, 2.05) is 60.7 Å². The summed E-state index contributed by atoms with van der Waals surface area (Å²) in [5, 5.41) is 34.8. The number of thioether (sulfide) groups is 1. The zero-order valence-electron chi connectivity index (χ0n) is 75.1. The smallest absolute Gasteiger partial charge is 0.796 e. The van der Waals surface area contributed by atoms with Gasteiger partial charge in [-0.15, -0.1) is 23.2 Å². The third kappa shape index (κ3) is 59.0. The molecule has 147 heavy (non-hydrogen) atoms. The van der Waals surface area contributed by atoms with Gasteiger partial charge >= 0.3 is 90.6 Å². The number of nitrogen functional groups attached to an aromatic ring is 3. The number of hydrogen-bond acceptors (Lipinski definition) is 30. The van der Waals surface area contributed by atoms with Gasteiger partial charge in [0.25, 0.3) is 17.7 Å². The van der Waals surface area contributed by atoms with E-state index in [0.29, 0.717) is 11.8 Å². The molecule has 0 fully saturated rings. The van der Waals surface area contributed by atoms with Crippen molar-refractivity contribution >= 4 is 199 Å². The standard InChI is InChI=1S/C16H14F3NO2.C13H12F3N5O2S.C12H7Cl2F3N4O2.C12H9ClF3N5O2.C9H8F3NO2.C9H10O3.C7H6F3N.C3Cl3N3.CH2Cl2.CH4O.CH4S.Na/c17-16(18,19)13-7-4-8-14(9-13)20-15(21)11-22-10-12-5-2-1-3-6-12;1-24-12-20-10(17)19-11(21-12)23-6-9(22)18-8-4-2-3-7(5-8)13(14,15)16;13-9-19-10(14)21-11(20-9)23-5-8(22)18-7-3-1-2-6(4-7)12(15,16)17;13-9-19-10(17)21-11(20-9)23-5-8(22)18-7-3-1-2-6(4-7)12(14,15)16;10-9(11,12)6-2-1-3-7(4-6)13-8(15)5-14;10-9(11)7-12-6-8-4-2-1-3-5-8;8-7(9,10)5-2-1-3-6(11)4-5;4-1-7-2(5)9-3(6)8-1;2-1-3;2*1-2;/h1-9H,10-11H2,(H,20,21);2-5H,6H2,1H3,(H,18,22)(H2,17,19,20,21);1-4H,5H2,(H,18,22);1-4H,5H2,(H,18,22)(H2,17,19,20,21);1-4,14H,5H2,(H,13,15);1-5H,6-7H2,(H,10,11);1-4H,11H2;;1H2;2*2H,1H3;/q;;;;;;;;;;;+1/p-1. The normalized spacial score (nSPS) is 10.6. The van der Waals surface area contributed by atoms with E-state index in [1.54, 1.807) is 12.5 Å². The van der Waals surface area contributed by atoms with Gasteiger partial charge in [0, 0.05) is 41.2 Å². The van der Waals surface area contributed by atoms with E-state index in [1.165, 1.54) is 84.6 Å². The Labute approximate surface area is 892 Å². The van der Waals surface area contributed by atoms with Crippen molar-refractivity contribution in [1.82, 2.24) is 59.8 Å². The maximum Gasteiger partial charge on any atom is 1.00 e. The number of aromatic nitrogens is 12. The van der Waals surface area contributed by atoms with Gasteiger partial charge in [0.2, 0.25) is 55.4 Å². The average Bonchev–Trinajstić information content (AvgIpc) is 0.854. The molecule has 4 aromatic heterocycles. The van der Waals surface area contributed by atoms with Gasteiger partial charge in [0.1, 0.15) is 19.8 Å². The van der Waals surface area contributed by atoms with E-state index in [2.05, 4.69) is 99.0 Å². The first-order chi connectivity index (χ1) is 68.5. The molecular formula is C84H75Cl8F18N20NaO14S2. The Kier molecular flexibility index (Phi) is 62.0. The number of aliphatic hydroxyl groups excluding tert-OH is 2. The first-order valence-electron chi connectivity index (χ1n) is 38.7. The molecule has 0 aliphatic carbocycles. The van der Waals surface area contributed by atoms with Crippen molar-refractivity contribution in [3.8, 4) is 18.0 Å². The van der Waals surface area contributed by atoms with Gasteiger partial charge in [-0.1, -0.05) is 109 Å². The van der Waals surface area contributed by atoms with Crippen molar-refractivity contribution in [3.63, 3.8) is 0 Å². The molecule has 5 amide bonds. The summed E-state index contributed by atoms with van der Waals surface area (Å²) in [5.74, 6) is -4.55. The van der Waals surface area contributed by atoms with Crippen molar-refractivity contribution in [1.29, 1.82) is 0 Å². The Morgan fingerprint density at radius 3 is 0.850 bits per heavy atom. The van der Waals surface area contributed by atoms with Gasteiger partial charge in [0.05, 0.1) is 51.9 Å². The van der Waals surface area contributed by atoms with Gasteiger partial charge in [-0.05, 0) is 196 Å². The Balaban J connectivity index is 0.000000846. The number of aliphatic carboxylic acids is 1. The predicted molar refractivity (Wildman–Crippen MR) is 508 cm³/mol. The molecule has 0 bridgehead atoms. The van der Waals surface area contributed by atoms with E-state index < -0.39 is 132 Å². The molecule has 0 aliphatic heterocycles. The van der Waals surface area contributed by atoms with E-state index in [9.17, 15) is 108 Å². The Morgan fingerprint density at radius 2 is 0.585 bits per heavy atom. The predicted octanol–water partition coefficient (Wildman–Crippen LogP) is 16.7. The van der Waals surface area contributed by atoms with Gasteiger partial charge < -0.3 is 95.4 Å². The fraction of sp³-hybridized carbons (Fsp3) is 0.214. The molecule has 0 spiro atoms. The molecule has 8 aromatic carbocycles. The number of ether oxygens (including phenoxy) is 5. The van der Waals surface area contributed by atoms with Crippen LogP contribution in [0.2, 0.25) is 31.7 Å². The van der Waals surface area contributed by atoms with Crippen LogP contribution in [0, 0.1) is 0 Å². The number of carbonyl (C=O) groups is 6. The fourth-order valence-electron chi connectivity index (χ4n) is 9.22. The molecule has 0 aliphatic rings. The minimum absolute atomic E-state index is 0. The summed E-state index contributed by atoms with van der Waals surface area (Å²) in [7, 11) is 1.00. The second-order valence-corrected chi connectivity index (χ2v) is 29.3. The Bertz CT molecular complexity index is 5850. The number of rotatable bonds is 24. The number of aliphatic hydroxyl groups is 2. The Hall–Kier alpha value is -12.0. The fourth-order valence-corrected chi connectivity index (χ4v) is 10.7. The summed E-state index contributed by atoms with van der Waals surface area (Å²) in [5.41, 5.74) is 13.0. The number of amides is 5. The number of halogens is 26.